The van der Waals surface area contributed by atoms with Crippen molar-refractivity contribution >= 4 is 11.6 Å². The molecule has 110 valence electrons. The summed E-state index contributed by atoms with van der Waals surface area (Å²) in [6, 6.07) is 7.87. The number of carbonyl (C=O) groups is 1. The van der Waals surface area contributed by atoms with Crippen molar-refractivity contribution in [2.45, 2.75) is 39.5 Å². The molecule has 2 rings (SSSR count). The van der Waals surface area contributed by atoms with Gasteiger partial charge in [0.2, 0.25) is 0 Å². The molecule has 0 bridgehead atoms. The van der Waals surface area contributed by atoms with E-state index in [1.54, 1.807) is 0 Å². The van der Waals surface area contributed by atoms with Crippen LogP contribution in [0.1, 0.15) is 49.9 Å². The van der Waals surface area contributed by atoms with Crippen LogP contribution in [-0.4, -0.2) is 30.4 Å². The molecule has 1 saturated carbocycles. The average Bonchev–Trinajstić information content (AvgIpc) is 2.44. The minimum Gasteiger partial charge on any atom is -0.385 e. The van der Waals surface area contributed by atoms with Gasteiger partial charge in [0.1, 0.15) is 0 Å². The van der Waals surface area contributed by atoms with Crippen molar-refractivity contribution < 1.29 is 4.79 Å². The first-order chi connectivity index (χ1) is 9.74. The Bertz CT molecular complexity index is 423. The number of nitrogens with one attached hydrogen (secondary N) is 1. The summed E-state index contributed by atoms with van der Waals surface area (Å²) in [5.41, 5.74) is 1.89. The molecule has 0 heterocycles. The Morgan fingerprint density at radius 1 is 1.25 bits per heavy atom. The first-order valence-corrected chi connectivity index (χ1v) is 7.87. The Hall–Kier alpha value is -1.51. The first-order valence-electron chi connectivity index (χ1n) is 7.87. The second-order valence-electron chi connectivity index (χ2n) is 5.64. The Labute approximate surface area is 122 Å². The maximum Gasteiger partial charge on any atom is 0.253 e. The van der Waals surface area contributed by atoms with E-state index in [4.69, 9.17) is 0 Å². The van der Waals surface area contributed by atoms with Gasteiger partial charge in [-0.05, 0) is 56.4 Å². The summed E-state index contributed by atoms with van der Waals surface area (Å²) in [6.45, 7) is 6.89. The molecule has 1 aromatic carbocycles. The highest BCUT2D eigenvalue weighted by Crippen LogP contribution is 2.27. The van der Waals surface area contributed by atoms with Crippen LogP contribution in [-0.2, 0) is 0 Å². The number of rotatable bonds is 7. The minimum absolute atomic E-state index is 0.168. The average molecular weight is 274 g/mol. The molecule has 0 radical (unpaired) electrons. The van der Waals surface area contributed by atoms with Gasteiger partial charge in [0.15, 0.2) is 0 Å². The van der Waals surface area contributed by atoms with Gasteiger partial charge < -0.3 is 10.2 Å². The van der Waals surface area contributed by atoms with E-state index in [0.717, 1.165) is 43.2 Å². The summed E-state index contributed by atoms with van der Waals surface area (Å²) in [5.74, 6) is 0.894. The van der Waals surface area contributed by atoms with Crippen LogP contribution in [0.4, 0.5) is 5.69 Å². The first kappa shape index (κ1) is 14.9. The van der Waals surface area contributed by atoms with Gasteiger partial charge in [-0.1, -0.05) is 13.3 Å². The van der Waals surface area contributed by atoms with E-state index in [1.807, 2.05) is 29.2 Å². The predicted octanol–water partition coefficient (Wildman–Crippen LogP) is 3.77. The van der Waals surface area contributed by atoms with Crippen LogP contribution in [0.15, 0.2) is 24.3 Å². The molecule has 3 heteroatoms. The molecule has 1 amide bonds. The van der Waals surface area contributed by atoms with Gasteiger partial charge in [0.25, 0.3) is 5.91 Å². The van der Waals surface area contributed by atoms with Crippen LogP contribution in [0.5, 0.6) is 0 Å². The van der Waals surface area contributed by atoms with Crippen LogP contribution in [0.3, 0.4) is 0 Å². The molecule has 1 fully saturated rings. The molecule has 0 aliphatic heterocycles. The third-order valence-corrected chi connectivity index (χ3v) is 4.08. The zero-order chi connectivity index (χ0) is 14.4. The number of carbonyl (C=O) groups excluding carboxylic acids is 1. The fourth-order valence-electron chi connectivity index (χ4n) is 2.53. The van der Waals surface area contributed by atoms with Crippen molar-refractivity contribution in [1.29, 1.82) is 0 Å². The van der Waals surface area contributed by atoms with Gasteiger partial charge in [-0.2, -0.15) is 0 Å². The lowest BCUT2D eigenvalue weighted by atomic mass is 9.85. The molecule has 0 saturated heterocycles. The smallest absolute Gasteiger partial charge is 0.253 e. The maximum atomic E-state index is 12.5. The van der Waals surface area contributed by atoms with Crippen molar-refractivity contribution in [3.63, 3.8) is 0 Å². The number of benzene rings is 1. The normalized spacial score (nSPS) is 14.7. The molecule has 0 atom stereocenters. The molecule has 1 aliphatic carbocycles. The Morgan fingerprint density at radius 3 is 2.45 bits per heavy atom. The highest BCUT2D eigenvalue weighted by Gasteiger charge is 2.23. The van der Waals surface area contributed by atoms with Crippen LogP contribution >= 0.6 is 0 Å². The topological polar surface area (TPSA) is 32.3 Å². The van der Waals surface area contributed by atoms with Crippen LogP contribution in [0.2, 0.25) is 0 Å². The van der Waals surface area contributed by atoms with Gasteiger partial charge >= 0.3 is 0 Å². The number of anilines is 1. The molecular weight excluding hydrogens is 248 g/mol. The number of hydrogen-bond donors (Lipinski definition) is 1. The fourth-order valence-corrected chi connectivity index (χ4v) is 2.53. The van der Waals surface area contributed by atoms with Crippen LogP contribution in [0, 0.1) is 5.92 Å². The molecule has 0 unspecified atom stereocenters. The molecule has 1 N–H and O–H groups in total. The summed E-state index contributed by atoms with van der Waals surface area (Å²) < 4.78 is 0. The monoisotopic (exact) mass is 274 g/mol. The second-order valence-corrected chi connectivity index (χ2v) is 5.64. The van der Waals surface area contributed by atoms with Crippen LogP contribution < -0.4 is 5.32 Å². The molecule has 0 aromatic heterocycles. The van der Waals surface area contributed by atoms with E-state index in [9.17, 15) is 4.79 Å². The molecular formula is C17H26N2O. The zero-order valence-electron chi connectivity index (χ0n) is 12.7. The van der Waals surface area contributed by atoms with E-state index < -0.39 is 0 Å². The lowest BCUT2D eigenvalue weighted by Crippen LogP contribution is -2.37. The summed E-state index contributed by atoms with van der Waals surface area (Å²) in [6.07, 6.45) is 4.99. The van der Waals surface area contributed by atoms with Gasteiger partial charge in [-0.3, -0.25) is 4.79 Å². The van der Waals surface area contributed by atoms with Crippen molar-refractivity contribution in [2.75, 3.05) is 25.0 Å². The Morgan fingerprint density at radius 2 is 1.95 bits per heavy atom. The van der Waals surface area contributed by atoms with Crippen molar-refractivity contribution in [3.8, 4) is 0 Å². The van der Waals surface area contributed by atoms with E-state index in [1.165, 1.54) is 19.3 Å². The SMILES string of the molecule is CCCNc1ccc(C(=O)N(CC)CC2CCC2)cc1. The largest absolute Gasteiger partial charge is 0.385 e. The quantitative estimate of drug-likeness (QED) is 0.821. The predicted molar refractivity (Wildman–Crippen MR) is 84.1 cm³/mol. The van der Waals surface area contributed by atoms with E-state index in [-0.39, 0.29) is 5.91 Å². The molecule has 0 spiro atoms. The number of nitrogens with zero attached hydrogens (tertiary/aromatic N) is 1. The molecule has 20 heavy (non-hydrogen) atoms. The summed E-state index contributed by atoms with van der Waals surface area (Å²) in [7, 11) is 0. The second kappa shape index (κ2) is 7.32. The lowest BCUT2D eigenvalue weighted by molar-refractivity contribution is 0.0706. The standard InChI is InChI=1S/C17H26N2O/c1-3-12-18-16-10-8-15(9-11-16)17(20)19(4-2)13-14-6-5-7-14/h8-11,14,18H,3-7,12-13H2,1-2H3. The summed E-state index contributed by atoms with van der Waals surface area (Å²) >= 11 is 0. The van der Waals surface area contributed by atoms with E-state index in [2.05, 4.69) is 19.2 Å². The number of hydrogen-bond acceptors (Lipinski definition) is 2. The maximum absolute atomic E-state index is 12.5. The van der Waals surface area contributed by atoms with Gasteiger partial charge in [0.05, 0.1) is 0 Å². The minimum atomic E-state index is 0.168. The van der Waals surface area contributed by atoms with Crippen molar-refractivity contribution in [1.82, 2.24) is 4.90 Å². The van der Waals surface area contributed by atoms with E-state index in [0.29, 0.717) is 0 Å². The molecule has 1 aliphatic rings. The molecule has 3 nitrogen and oxygen atoms in total. The van der Waals surface area contributed by atoms with E-state index >= 15 is 0 Å². The zero-order valence-corrected chi connectivity index (χ0v) is 12.7. The Balaban J connectivity index is 1.95. The Kier molecular flexibility index (Phi) is 5.45. The van der Waals surface area contributed by atoms with Crippen molar-refractivity contribution in [3.05, 3.63) is 29.8 Å². The van der Waals surface area contributed by atoms with Gasteiger partial charge in [-0.15, -0.1) is 0 Å². The summed E-state index contributed by atoms with van der Waals surface area (Å²) in [5, 5.41) is 3.33. The van der Waals surface area contributed by atoms with Gasteiger partial charge in [-0.25, -0.2) is 0 Å². The molecule has 1 aromatic rings. The highest BCUT2D eigenvalue weighted by atomic mass is 16.2. The highest BCUT2D eigenvalue weighted by molar-refractivity contribution is 5.94. The van der Waals surface area contributed by atoms with Gasteiger partial charge in [0, 0.05) is 30.9 Å². The lowest BCUT2D eigenvalue weighted by Gasteiger charge is -2.31. The third kappa shape index (κ3) is 3.75. The fraction of sp³-hybridized carbons (Fsp3) is 0.588. The summed E-state index contributed by atoms with van der Waals surface area (Å²) in [4.78, 5) is 14.5. The van der Waals surface area contributed by atoms with Crippen molar-refractivity contribution in [2.24, 2.45) is 5.92 Å². The number of amides is 1. The third-order valence-electron chi connectivity index (χ3n) is 4.08. The van der Waals surface area contributed by atoms with Crippen LogP contribution in [0.25, 0.3) is 0 Å².